The minimum atomic E-state index is -3.59. The Balaban J connectivity index is 1.91. The van der Waals surface area contributed by atoms with Gasteiger partial charge in [-0.3, -0.25) is 4.79 Å². The van der Waals surface area contributed by atoms with Crippen molar-refractivity contribution in [1.29, 1.82) is 0 Å². The summed E-state index contributed by atoms with van der Waals surface area (Å²) in [5.74, 6) is -0.0631. The van der Waals surface area contributed by atoms with Crippen LogP contribution in [0.2, 0.25) is 0 Å². The van der Waals surface area contributed by atoms with Crippen molar-refractivity contribution in [1.82, 2.24) is 14.9 Å². The maximum atomic E-state index is 12.4. The van der Waals surface area contributed by atoms with Gasteiger partial charge in [-0.25, -0.2) is 17.5 Å². The zero-order valence-corrected chi connectivity index (χ0v) is 17.5. The van der Waals surface area contributed by atoms with Gasteiger partial charge in [-0.15, -0.1) is 0 Å². The van der Waals surface area contributed by atoms with E-state index >= 15 is 0 Å². The van der Waals surface area contributed by atoms with E-state index in [0.29, 0.717) is 24.2 Å². The molecule has 2 aromatic rings. The second kappa shape index (κ2) is 10.0. The third-order valence-corrected chi connectivity index (χ3v) is 6.10. The van der Waals surface area contributed by atoms with E-state index in [9.17, 15) is 18.0 Å². The van der Waals surface area contributed by atoms with Gasteiger partial charge < -0.3 is 16.0 Å². The highest BCUT2D eigenvalue weighted by Gasteiger charge is 2.20. The highest BCUT2D eigenvalue weighted by atomic mass is 32.2. The Hall–Kier alpha value is -2.91. The van der Waals surface area contributed by atoms with Gasteiger partial charge in [0, 0.05) is 39.3 Å². The molecule has 9 heteroatoms. The van der Waals surface area contributed by atoms with E-state index in [1.54, 1.807) is 37.3 Å². The first-order valence-electron chi connectivity index (χ1n) is 9.15. The van der Waals surface area contributed by atoms with E-state index in [4.69, 9.17) is 0 Å². The number of sulfonamides is 1. The number of nitrogens with one attached hydrogen (secondary N) is 3. The van der Waals surface area contributed by atoms with Crippen molar-refractivity contribution in [3.8, 4) is 0 Å². The average Bonchev–Trinajstić information content (AvgIpc) is 2.71. The Morgan fingerprint density at radius 2 is 1.55 bits per heavy atom. The van der Waals surface area contributed by atoms with Crippen LogP contribution < -0.4 is 16.0 Å². The normalized spacial score (nSPS) is 11.2. The van der Waals surface area contributed by atoms with E-state index in [1.807, 2.05) is 12.1 Å². The Morgan fingerprint density at radius 3 is 2.17 bits per heavy atom. The lowest BCUT2D eigenvalue weighted by molar-refractivity contribution is -0.115. The van der Waals surface area contributed by atoms with Crippen LogP contribution in [-0.2, 0) is 27.9 Å². The molecule has 3 N–H and O–H groups in total. The molecule has 0 aromatic heterocycles. The summed E-state index contributed by atoms with van der Waals surface area (Å²) < 4.78 is 25.9. The smallest absolute Gasteiger partial charge is 0.315 e. The molecule has 0 heterocycles. The van der Waals surface area contributed by atoms with Crippen LogP contribution in [0, 0.1) is 0 Å². The van der Waals surface area contributed by atoms with Crippen LogP contribution in [0.3, 0.4) is 0 Å². The maximum absolute atomic E-state index is 12.4. The topological polar surface area (TPSA) is 108 Å². The maximum Gasteiger partial charge on any atom is 0.315 e. The second-order valence-electron chi connectivity index (χ2n) is 6.53. The van der Waals surface area contributed by atoms with E-state index in [0.717, 1.165) is 9.87 Å². The lowest BCUT2D eigenvalue weighted by atomic mass is 10.2. The Labute approximate surface area is 171 Å². The van der Waals surface area contributed by atoms with E-state index in [1.165, 1.54) is 20.2 Å². The summed E-state index contributed by atoms with van der Waals surface area (Å²) in [7, 11) is -0.667. The molecule has 0 bridgehead atoms. The molecule has 0 aliphatic carbocycles. The van der Waals surface area contributed by atoms with Crippen LogP contribution in [-0.4, -0.2) is 38.8 Å². The third-order valence-electron chi connectivity index (χ3n) is 4.18. The number of nitrogens with zero attached hydrogens (tertiary/aromatic N) is 1. The van der Waals surface area contributed by atoms with Gasteiger partial charge in [0.1, 0.15) is 0 Å². The molecule has 0 aliphatic heterocycles. The summed E-state index contributed by atoms with van der Waals surface area (Å²) in [6.07, 6.45) is 0.405. The minimum Gasteiger partial charge on any atom is -0.334 e. The van der Waals surface area contributed by atoms with Gasteiger partial charge in [0.2, 0.25) is 15.9 Å². The van der Waals surface area contributed by atoms with Gasteiger partial charge >= 0.3 is 6.03 Å². The molecule has 29 heavy (non-hydrogen) atoms. The van der Waals surface area contributed by atoms with Crippen molar-refractivity contribution < 1.29 is 18.0 Å². The molecule has 0 unspecified atom stereocenters. The van der Waals surface area contributed by atoms with Crippen LogP contribution in [0.1, 0.15) is 24.5 Å². The quantitative estimate of drug-likeness (QED) is 0.611. The molecule has 3 amide bonds. The molecule has 0 aliphatic rings. The summed E-state index contributed by atoms with van der Waals surface area (Å²) in [4.78, 5) is 23.6. The highest BCUT2D eigenvalue weighted by molar-refractivity contribution is 7.89. The number of benzene rings is 2. The standard InChI is InChI=1S/C20H26N4O4S/c1-4-19(25)23-17-11-9-15(10-12-17)13-21-20(26)22-14-16-7-5-6-8-18(16)29(27,28)24(2)3/h5-12H,4,13-14H2,1-3H3,(H,23,25)(H2,21,22,26). The van der Waals surface area contributed by atoms with Crippen LogP contribution >= 0.6 is 0 Å². The zero-order chi connectivity index (χ0) is 21.4. The summed E-state index contributed by atoms with van der Waals surface area (Å²) in [6, 6.07) is 13.3. The molecular formula is C20H26N4O4S. The van der Waals surface area contributed by atoms with Crippen molar-refractivity contribution in [2.24, 2.45) is 0 Å². The zero-order valence-electron chi connectivity index (χ0n) is 16.7. The number of carbonyl (C=O) groups is 2. The number of urea groups is 1. The SMILES string of the molecule is CCC(=O)Nc1ccc(CNC(=O)NCc2ccccc2S(=O)(=O)N(C)C)cc1. The van der Waals surface area contributed by atoms with Gasteiger partial charge in [-0.1, -0.05) is 37.3 Å². The van der Waals surface area contributed by atoms with Gasteiger partial charge in [0.05, 0.1) is 4.90 Å². The van der Waals surface area contributed by atoms with Crippen molar-refractivity contribution in [3.63, 3.8) is 0 Å². The first-order chi connectivity index (χ1) is 13.7. The lowest BCUT2D eigenvalue weighted by Crippen LogP contribution is -2.35. The van der Waals surface area contributed by atoms with E-state index in [-0.39, 0.29) is 17.3 Å². The van der Waals surface area contributed by atoms with Crippen molar-refractivity contribution in [3.05, 3.63) is 59.7 Å². The van der Waals surface area contributed by atoms with E-state index in [2.05, 4.69) is 16.0 Å². The second-order valence-corrected chi connectivity index (χ2v) is 8.65. The van der Waals surface area contributed by atoms with Gasteiger partial charge in [0.25, 0.3) is 0 Å². The van der Waals surface area contributed by atoms with Crippen molar-refractivity contribution in [2.45, 2.75) is 31.3 Å². The summed E-state index contributed by atoms with van der Waals surface area (Å²) >= 11 is 0. The molecule has 0 radical (unpaired) electrons. The average molecular weight is 419 g/mol. The number of carbonyl (C=O) groups excluding carboxylic acids is 2. The molecule has 8 nitrogen and oxygen atoms in total. The number of hydrogen-bond acceptors (Lipinski definition) is 4. The fourth-order valence-electron chi connectivity index (χ4n) is 2.47. The number of anilines is 1. The van der Waals surface area contributed by atoms with Crippen LogP contribution in [0.15, 0.2) is 53.4 Å². The van der Waals surface area contributed by atoms with Crippen LogP contribution in [0.25, 0.3) is 0 Å². The lowest BCUT2D eigenvalue weighted by Gasteiger charge is -2.15. The predicted molar refractivity (Wildman–Crippen MR) is 112 cm³/mol. The monoisotopic (exact) mass is 418 g/mol. The molecule has 0 atom stereocenters. The largest absolute Gasteiger partial charge is 0.334 e. The molecule has 0 saturated heterocycles. The first-order valence-corrected chi connectivity index (χ1v) is 10.6. The molecular weight excluding hydrogens is 392 g/mol. The van der Waals surface area contributed by atoms with Crippen LogP contribution in [0.5, 0.6) is 0 Å². The summed E-state index contributed by atoms with van der Waals surface area (Å²) in [5.41, 5.74) is 2.07. The molecule has 2 aromatic carbocycles. The molecule has 156 valence electrons. The number of amides is 3. The fourth-order valence-corrected chi connectivity index (χ4v) is 3.59. The summed E-state index contributed by atoms with van der Waals surface area (Å²) in [5, 5.41) is 8.16. The van der Waals surface area contributed by atoms with Crippen molar-refractivity contribution in [2.75, 3.05) is 19.4 Å². The van der Waals surface area contributed by atoms with Gasteiger partial charge in [-0.2, -0.15) is 0 Å². The minimum absolute atomic E-state index is 0.0631. The highest BCUT2D eigenvalue weighted by Crippen LogP contribution is 2.18. The van der Waals surface area contributed by atoms with Crippen molar-refractivity contribution >= 4 is 27.6 Å². The van der Waals surface area contributed by atoms with Crippen LogP contribution in [0.4, 0.5) is 10.5 Å². The Kier molecular flexibility index (Phi) is 7.74. The first kappa shape index (κ1) is 22.4. The molecule has 0 saturated carbocycles. The van der Waals surface area contributed by atoms with E-state index < -0.39 is 16.1 Å². The Bertz CT molecular complexity index is 957. The van der Waals surface area contributed by atoms with Gasteiger partial charge in [-0.05, 0) is 29.3 Å². The van der Waals surface area contributed by atoms with Gasteiger partial charge in [0.15, 0.2) is 0 Å². The molecule has 0 fully saturated rings. The number of rotatable bonds is 8. The fraction of sp³-hybridized carbons (Fsp3) is 0.300. The number of hydrogen-bond donors (Lipinski definition) is 3. The summed E-state index contributed by atoms with van der Waals surface area (Å²) in [6.45, 7) is 2.16. The Morgan fingerprint density at radius 1 is 0.931 bits per heavy atom. The molecule has 0 spiro atoms. The third kappa shape index (κ3) is 6.30. The molecule has 2 rings (SSSR count). The predicted octanol–water partition coefficient (Wildman–Crippen LogP) is 2.28.